The van der Waals surface area contributed by atoms with E-state index in [-0.39, 0.29) is 5.91 Å². The summed E-state index contributed by atoms with van der Waals surface area (Å²) < 4.78 is 5.11. The molecule has 19 heavy (non-hydrogen) atoms. The van der Waals surface area contributed by atoms with Crippen molar-refractivity contribution in [3.63, 3.8) is 0 Å². The van der Waals surface area contributed by atoms with E-state index < -0.39 is 0 Å². The van der Waals surface area contributed by atoms with Gasteiger partial charge in [0, 0.05) is 26.6 Å². The highest BCUT2D eigenvalue weighted by Crippen LogP contribution is 2.12. The summed E-state index contributed by atoms with van der Waals surface area (Å²) in [5.41, 5.74) is 1.16. The van der Waals surface area contributed by atoms with E-state index in [1.165, 1.54) is 0 Å². The first-order chi connectivity index (χ1) is 9.02. The lowest BCUT2D eigenvalue weighted by molar-refractivity contribution is -0.129. The molecule has 0 aliphatic carbocycles. The number of carbonyl (C=O) groups is 1. The lowest BCUT2D eigenvalue weighted by atomic mass is 10.1. The summed E-state index contributed by atoms with van der Waals surface area (Å²) in [5, 5.41) is 0. The molecule has 0 spiro atoms. The van der Waals surface area contributed by atoms with Crippen LogP contribution in [0.15, 0.2) is 24.3 Å². The van der Waals surface area contributed by atoms with Gasteiger partial charge in [0.05, 0.1) is 7.11 Å². The minimum atomic E-state index is 0.192. The van der Waals surface area contributed by atoms with Gasteiger partial charge in [-0.3, -0.25) is 4.79 Å². The molecule has 0 aromatic heterocycles. The Hall–Kier alpha value is -1.55. The number of nitrogens with zero attached hydrogens (tertiary/aromatic N) is 2. The lowest BCUT2D eigenvalue weighted by Crippen LogP contribution is -2.33. The molecule has 0 N–H and O–H groups in total. The van der Waals surface area contributed by atoms with Crippen molar-refractivity contribution < 1.29 is 9.53 Å². The number of aryl methyl sites for hydroxylation is 1. The number of carbonyl (C=O) groups excluding carboxylic acids is 1. The maximum atomic E-state index is 11.9. The number of rotatable bonds is 7. The van der Waals surface area contributed by atoms with Crippen molar-refractivity contribution in [1.82, 2.24) is 9.80 Å². The maximum absolute atomic E-state index is 11.9. The average Bonchev–Trinajstić information content (AvgIpc) is 2.42. The molecule has 4 heteroatoms. The highest BCUT2D eigenvalue weighted by molar-refractivity contribution is 5.76. The summed E-state index contributed by atoms with van der Waals surface area (Å²) >= 11 is 0. The summed E-state index contributed by atoms with van der Waals surface area (Å²) in [6.07, 6.45) is 1.32. The van der Waals surface area contributed by atoms with Crippen LogP contribution in [-0.4, -0.2) is 57.0 Å². The summed E-state index contributed by atoms with van der Waals surface area (Å²) in [6.45, 7) is 1.67. The second-order valence-corrected chi connectivity index (χ2v) is 4.97. The fraction of sp³-hybridized carbons (Fsp3) is 0.533. The Labute approximate surface area is 116 Å². The second-order valence-electron chi connectivity index (χ2n) is 4.97. The fourth-order valence-electron chi connectivity index (χ4n) is 1.71. The minimum Gasteiger partial charge on any atom is -0.497 e. The van der Waals surface area contributed by atoms with Crippen LogP contribution in [0.4, 0.5) is 0 Å². The molecule has 1 rings (SSSR count). The first-order valence-electron chi connectivity index (χ1n) is 6.54. The predicted octanol–water partition coefficient (Wildman–Crippen LogP) is 1.65. The molecule has 0 unspecified atom stereocenters. The summed E-state index contributed by atoms with van der Waals surface area (Å²) in [6, 6.07) is 7.86. The third-order valence-corrected chi connectivity index (χ3v) is 3.09. The topological polar surface area (TPSA) is 32.8 Å². The smallest absolute Gasteiger partial charge is 0.222 e. The Morgan fingerprint density at radius 3 is 2.26 bits per heavy atom. The molecule has 0 radical (unpaired) electrons. The minimum absolute atomic E-state index is 0.192. The molecule has 1 aromatic carbocycles. The molecule has 1 aromatic rings. The zero-order valence-electron chi connectivity index (χ0n) is 12.3. The molecule has 4 nitrogen and oxygen atoms in total. The maximum Gasteiger partial charge on any atom is 0.222 e. The van der Waals surface area contributed by atoms with Crippen molar-refractivity contribution in [2.24, 2.45) is 0 Å². The molecule has 0 aliphatic heterocycles. The van der Waals surface area contributed by atoms with Crippen molar-refractivity contribution >= 4 is 5.91 Å². The van der Waals surface area contributed by atoms with Crippen LogP contribution >= 0.6 is 0 Å². The Bertz CT molecular complexity index is 388. The standard InChI is InChI=1S/C15H24N2O2/c1-16(2)11-12-17(3)15(18)10-7-13-5-8-14(19-4)9-6-13/h5-6,8-9H,7,10-12H2,1-4H3. The third-order valence-electron chi connectivity index (χ3n) is 3.09. The summed E-state index contributed by atoms with van der Waals surface area (Å²) in [4.78, 5) is 15.8. The lowest BCUT2D eigenvalue weighted by Gasteiger charge is -2.19. The van der Waals surface area contributed by atoms with Gasteiger partial charge >= 0.3 is 0 Å². The normalized spacial score (nSPS) is 10.6. The van der Waals surface area contributed by atoms with Crippen molar-refractivity contribution in [3.8, 4) is 5.75 Å². The molecule has 0 fully saturated rings. The summed E-state index contributed by atoms with van der Waals surface area (Å²) in [7, 11) is 7.53. The van der Waals surface area contributed by atoms with Crippen molar-refractivity contribution in [1.29, 1.82) is 0 Å². The van der Waals surface area contributed by atoms with Crippen LogP contribution < -0.4 is 4.74 Å². The molecule has 1 amide bonds. The second kappa shape index (κ2) is 7.79. The van der Waals surface area contributed by atoms with Crippen molar-refractivity contribution in [2.75, 3.05) is 41.3 Å². The van der Waals surface area contributed by atoms with Gasteiger partial charge in [-0.15, -0.1) is 0 Å². The molecule has 0 heterocycles. The van der Waals surface area contributed by atoms with Crippen LogP contribution in [0.25, 0.3) is 0 Å². The van der Waals surface area contributed by atoms with E-state index in [0.29, 0.717) is 6.42 Å². The molecule has 106 valence electrons. The predicted molar refractivity (Wildman–Crippen MR) is 77.5 cm³/mol. The highest BCUT2D eigenvalue weighted by atomic mass is 16.5. The zero-order chi connectivity index (χ0) is 14.3. The van der Waals surface area contributed by atoms with Crippen molar-refractivity contribution in [2.45, 2.75) is 12.8 Å². The number of likely N-dealkylation sites (N-methyl/N-ethyl adjacent to an activating group) is 2. The van der Waals surface area contributed by atoms with Gasteiger partial charge in [-0.2, -0.15) is 0 Å². The first-order valence-corrected chi connectivity index (χ1v) is 6.54. The van der Waals surface area contributed by atoms with Gasteiger partial charge in [0.25, 0.3) is 0 Å². The zero-order valence-corrected chi connectivity index (χ0v) is 12.3. The van der Waals surface area contributed by atoms with Crippen LogP contribution in [-0.2, 0) is 11.2 Å². The first kappa shape index (κ1) is 15.5. The van der Waals surface area contributed by atoms with E-state index in [4.69, 9.17) is 4.74 Å². The average molecular weight is 264 g/mol. The molecule has 0 bridgehead atoms. The van der Waals surface area contributed by atoms with E-state index in [1.54, 1.807) is 12.0 Å². The van der Waals surface area contributed by atoms with E-state index in [9.17, 15) is 4.79 Å². The quantitative estimate of drug-likeness (QED) is 0.750. The van der Waals surface area contributed by atoms with Gasteiger partial charge in [0.1, 0.15) is 5.75 Å². The number of benzene rings is 1. The van der Waals surface area contributed by atoms with Gasteiger partial charge in [-0.05, 0) is 38.2 Å². The van der Waals surface area contributed by atoms with Gasteiger partial charge in [-0.1, -0.05) is 12.1 Å². The molecular weight excluding hydrogens is 240 g/mol. The van der Waals surface area contributed by atoms with Crippen molar-refractivity contribution in [3.05, 3.63) is 29.8 Å². The number of methoxy groups -OCH3 is 1. The SMILES string of the molecule is COc1ccc(CCC(=O)N(C)CCN(C)C)cc1. The van der Waals surface area contributed by atoms with E-state index in [2.05, 4.69) is 4.90 Å². The molecule has 0 saturated heterocycles. The van der Waals surface area contributed by atoms with Crippen LogP contribution in [0.2, 0.25) is 0 Å². The molecule has 0 atom stereocenters. The number of ether oxygens (including phenoxy) is 1. The Balaban J connectivity index is 2.36. The van der Waals surface area contributed by atoms with E-state index in [0.717, 1.165) is 30.8 Å². The molecule has 0 saturated carbocycles. The number of amides is 1. The molecule has 0 aliphatic rings. The van der Waals surface area contributed by atoms with E-state index in [1.807, 2.05) is 45.4 Å². The third kappa shape index (κ3) is 5.75. The fourth-order valence-corrected chi connectivity index (χ4v) is 1.71. The van der Waals surface area contributed by atoms with Crippen LogP contribution in [0, 0.1) is 0 Å². The van der Waals surface area contributed by atoms with Crippen LogP contribution in [0.3, 0.4) is 0 Å². The number of hydrogen-bond acceptors (Lipinski definition) is 3. The Morgan fingerprint density at radius 2 is 1.74 bits per heavy atom. The number of hydrogen-bond donors (Lipinski definition) is 0. The monoisotopic (exact) mass is 264 g/mol. The van der Waals surface area contributed by atoms with E-state index >= 15 is 0 Å². The highest BCUT2D eigenvalue weighted by Gasteiger charge is 2.08. The van der Waals surface area contributed by atoms with Crippen LogP contribution in [0.1, 0.15) is 12.0 Å². The largest absolute Gasteiger partial charge is 0.497 e. The van der Waals surface area contributed by atoms with Gasteiger partial charge in [0.15, 0.2) is 0 Å². The van der Waals surface area contributed by atoms with Crippen LogP contribution in [0.5, 0.6) is 5.75 Å². The Kier molecular flexibility index (Phi) is 6.36. The van der Waals surface area contributed by atoms with Gasteiger partial charge in [-0.25, -0.2) is 0 Å². The van der Waals surface area contributed by atoms with Gasteiger partial charge < -0.3 is 14.5 Å². The van der Waals surface area contributed by atoms with Gasteiger partial charge in [0.2, 0.25) is 5.91 Å². The molecular formula is C15H24N2O2. The Morgan fingerprint density at radius 1 is 1.11 bits per heavy atom. The summed E-state index contributed by atoms with van der Waals surface area (Å²) in [5.74, 6) is 1.04.